The van der Waals surface area contributed by atoms with Crippen molar-refractivity contribution in [2.45, 2.75) is 0 Å². The Morgan fingerprint density at radius 3 is 3.12 bits per heavy atom. The number of nitrogens with zero attached hydrogens (tertiary/aromatic N) is 2. The van der Waals surface area contributed by atoms with E-state index in [-0.39, 0.29) is 5.69 Å². The number of hydrogen-bond acceptors (Lipinski definition) is 4. The molecule has 2 aromatic rings. The molecule has 0 saturated heterocycles. The Morgan fingerprint density at radius 1 is 1.62 bits per heavy atom. The van der Waals surface area contributed by atoms with Crippen LogP contribution in [0.15, 0.2) is 30.9 Å². The number of benzene rings is 1. The number of hydrogen-bond donors (Lipinski definition) is 2. The molecule has 1 aromatic carbocycles. The summed E-state index contributed by atoms with van der Waals surface area (Å²) in [7, 11) is 0. The average Bonchev–Trinajstić information content (AvgIpc) is 2.67. The fourth-order valence-electron chi connectivity index (χ4n) is 1.36. The van der Waals surface area contributed by atoms with Crippen LogP contribution in [0.2, 0.25) is 0 Å². The number of fused-ring (bicyclic) bond motifs is 1. The lowest BCUT2D eigenvalue weighted by molar-refractivity contribution is -0.384. The van der Waals surface area contributed by atoms with E-state index in [9.17, 15) is 10.1 Å². The Hall–Kier alpha value is -2.37. The van der Waals surface area contributed by atoms with E-state index >= 15 is 0 Å². The maximum Gasteiger partial charge on any atom is 0.271 e. The average molecular weight is 218 g/mol. The van der Waals surface area contributed by atoms with E-state index in [1.807, 2.05) is 0 Å². The van der Waals surface area contributed by atoms with Crippen LogP contribution in [0.5, 0.6) is 0 Å². The second-order valence-electron chi connectivity index (χ2n) is 3.21. The van der Waals surface area contributed by atoms with Crippen LogP contribution >= 0.6 is 0 Å². The molecule has 0 spiro atoms. The number of rotatable bonds is 4. The summed E-state index contributed by atoms with van der Waals surface area (Å²) in [5.41, 5.74) is 1.38. The minimum Gasteiger partial charge on any atom is -0.352 e. The molecule has 2 rings (SSSR count). The molecule has 0 bridgehead atoms. The zero-order chi connectivity index (χ0) is 11.5. The smallest absolute Gasteiger partial charge is 0.271 e. The molecule has 0 saturated carbocycles. The fraction of sp³-hybridized carbons (Fsp3) is 0.100. The first-order chi connectivity index (χ1) is 7.70. The number of imidazole rings is 1. The van der Waals surface area contributed by atoms with Gasteiger partial charge in [-0.05, 0) is 6.07 Å². The van der Waals surface area contributed by atoms with Gasteiger partial charge in [0.25, 0.3) is 5.69 Å². The van der Waals surface area contributed by atoms with Crippen LogP contribution in [0, 0.1) is 10.1 Å². The standard InChI is InChI=1S/C10H10N4O2/c1-2-5-11-10-12-8-4-3-7(14(15)16)6-9(8)13-10/h2-4,6H,1,5H2,(H2,11,12,13). The number of nitro groups is 1. The Balaban J connectivity index is 2.37. The lowest BCUT2D eigenvalue weighted by Gasteiger charge is -1.94. The second-order valence-corrected chi connectivity index (χ2v) is 3.21. The van der Waals surface area contributed by atoms with Gasteiger partial charge >= 0.3 is 0 Å². The zero-order valence-electron chi connectivity index (χ0n) is 8.43. The Labute approximate surface area is 91.1 Å². The number of H-pyrrole nitrogens is 1. The predicted molar refractivity (Wildman–Crippen MR) is 61.4 cm³/mol. The number of nitrogens with one attached hydrogen (secondary N) is 2. The minimum atomic E-state index is -0.433. The van der Waals surface area contributed by atoms with Crippen molar-refractivity contribution in [2.24, 2.45) is 0 Å². The third-order valence-corrected chi connectivity index (χ3v) is 2.09. The SMILES string of the molecule is C=CCNc1nc2ccc([N+](=O)[O-])cc2[nH]1. The maximum absolute atomic E-state index is 10.6. The summed E-state index contributed by atoms with van der Waals surface area (Å²) in [4.78, 5) is 17.3. The molecule has 0 amide bonds. The summed E-state index contributed by atoms with van der Waals surface area (Å²) < 4.78 is 0. The van der Waals surface area contributed by atoms with Gasteiger partial charge in [-0.2, -0.15) is 0 Å². The van der Waals surface area contributed by atoms with Crippen LogP contribution < -0.4 is 5.32 Å². The van der Waals surface area contributed by atoms with E-state index in [0.717, 1.165) is 0 Å². The van der Waals surface area contributed by atoms with Gasteiger partial charge < -0.3 is 10.3 Å². The molecule has 0 atom stereocenters. The molecule has 1 heterocycles. The first-order valence-corrected chi connectivity index (χ1v) is 4.69. The highest BCUT2D eigenvalue weighted by Gasteiger charge is 2.08. The highest BCUT2D eigenvalue weighted by molar-refractivity contribution is 5.79. The third-order valence-electron chi connectivity index (χ3n) is 2.09. The third kappa shape index (κ3) is 1.85. The quantitative estimate of drug-likeness (QED) is 0.467. The molecule has 0 fully saturated rings. The summed E-state index contributed by atoms with van der Waals surface area (Å²) in [6.45, 7) is 4.16. The van der Waals surface area contributed by atoms with Gasteiger partial charge in [-0.25, -0.2) is 4.98 Å². The van der Waals surface area contributed by atoms with Crippen LogP contribution in [0.1, 0.15) is 0 Å². The van der Waals surface area contributed by atoms with Crippen molar-refractivity contribution in [3.8, 4) is 0 Å². The van der Waals surface area contributed by atoms with Crippen molar-refractivity contribution < 1.29 is 4.92 Å². The van der Waals surface area contributed by atoms with E-state index in [4.69, 9.17) is 0 Å². The molecule has 0 aliphatic carbocycles. The van der Waals surface area contributed by atoms with Gasteiger partial charge in [-0.1, -0.05) is 6.08 Å². The van der Waals surface area contributed by atoms with Crippen LogP contribution in [0.25, 0.3) is 11.0 Å². The fourth-order valence-corrected chi connectivity index (χ4v) is 1.36. The highest BCUT2D eigenvalue weighted by atomic mass is 16.6. The van der Waals surface area contributed by atoms with Crippen LogP contribution in [0.4, 0.5) is 11.6 Å². The van der Waals surface area contributed by atoms with Crippen molar-refractivity contribution in [1.82, 2.24) is 9.97 Å². The Bertz CT molecular complexity index is 547. The van der Waals surface area contributed by atoms with Crippen LogP contribution in [-0.2, 0) is 0 Å². The topological polar surface area (TPSA) is 83.8 Å². The van der Waals surface area contributed by atoms with E-state index in [2.05, 4.69) is 21.9 Å². The molecule has 6 heteroatoms. The van der Waals surface area contributed by atoms with Crippen molar-refractivity contribution in [3.63, 3.8) is 0 Å². The van der Waals surface area contributed by atoms with E-state index in [1.165, 1.54) is 12.1 Å². The van der Waals surface area contributed by atoms with Gasteiger partial charge in [0.2, 0.25) is 5.95 Å². The molecule has 0 radical (unpaired) electrons. The molecule has 82 valence electrons. The van der Waals surface area contributed by atoms with Crippen LogP contribution in [0.3, 0.4) is 0 Å². The number of aromatic amines is 1. The molecule has 2 N–H and O–H groups in total. The first-order valence-electron chi connectivity index (χ1n) is 4.69. The Kier molecular flexibility index (Phi) is 2.55. The van der Waals surface area contributed by atoms with Crippen molar-refractivity contribution >= 4 is 22.7 Å². The van der Waals surface area contributed by atoms with Gasteiger partial charge in [-0.3, -0.25) is 10.1 Å². The molecular weight excluding hydrogens is 208 g/mol. The van der Waals surface area contributed by atoms with E-state index < -0.39 is 4.92 Å². The zero-order valence-corrected chi connectivity index (χ0v) is 8.43. The van der Waals surface area contributed by atoms with Crippen molar-refractivity contribution in [3.05, 3.63) is 41.0 Å². The highest BCUT2D eigenvalue weighted by Crippen LogP contribution is 2.20. The maximum atomic E-state index is 10.6. The molecule has 6 nitrogen and oxygen atoms in total. The number of anilines is 1. The van der Waals surface area contributed by atoms with E-state index in [0.29, 0.717) is 23.5 Å². The van der Waals surface area contributed by atoms with Crippen molar-refractivity contribution in [1.29, 1.82) is 0 Å². The van der Waals surface area contributed by atoms with Gasteiger partial charge in [0.1, 0.15) is 0 Å². The molecule has 0 unspecified atom stereocenters. The Morgan fingerprint density at radius 2 is 2.44 bits per heavy atom. The van der Waals surface area contributed by atoms with E-state index in [1.54, 1.807) is 12.1 Å². The number of aromatic nitrogens is 2. The van der Waals surface area contributed by atoms with Gasteiger partial charge in [-0.15, -0.1) is 6.58 Å². The van der Waals surface area contributed by atoms with Gasteiger partial charge in [0, 0.05) is 18.7 Å². The monoisotopic (exact) mass is 218 g/mol. The molecule has 1 aromatic heterocycles. The molecule has 16 heavy (non-hydrogen) atoms. The summed E-state index contributed by atoms with van der Waals surface area (Å²) in [6.07, 6.45) is 1.70. The van der Waals surface area contributed by atoms with Gasteiger partial charge in [0.15, 0.2) is 0 Å². The lowest BCUT2D eigenvalue weighted by Crippen LogP contribution is -1.98. The number of non-ortho nitro benzene ring substituents is 1. The largest absolute Gasteiger partial charge is 0.352 e. The summed E-state index contributed by atoms with van der Waals surface area (Å²) >= 11 is 0. The molecular formula is C10H10N4O2. The summed E-state index contributed by atoms with van der Waals surface area (Å²) in [5.74, 6) is 0.579. The number of nitro benzene ring substituents is 1. The molecule has 0 aliphatic rings. The van der Waals surface area contributed by atoms with Gasteiger partial charge in [0.05, 0.1) is 16.0 Å². The second kappa shape index (κ2) is 4.01. The normalized spacial score (nSPS) is 10.2. The molecule has 0 aliphatic heterocycles. The minimum absolute atomic E-state index is 0.0476. The predicted octanol–water partition coefficient (Wildman–Crippen LogP) is 2.07. The lowest BCUT2D eigenvalue weighted by atomic mass is 10.3. The summed E-state index contributed by atoms with van der Waals surface area (Å²) in [6, 6.07) is 4.50. The van der Waals surface area contributed by atoms with Crippen LogP contribution in [-0.4, -0.2) is 21.4 Å². The first kappa shape index (κ1) is 10.2. The van der Waals surface area contributed by atoms with Crippen molar-refractivity contribution in [2.75, 3.05) is 11.9 Å². The summed E-state index contributed by atoms with van der Waals surface area (Å²) in [5, 5.41) is 13.5.